The molecule has 0 saturated carbocycles. The Kier molecular flexibility index (Phi) is 5.08. The van der Waals surface area contributed by atoms with Gasteiger partial charge in [0.15, 0.2) is 11.5 Å². The summed E-state index contributed by atoms with van der Waals surface area (Å²) >= 11 is 7.80. The first kappa shape index (κ1) is 15.6. The Hall–Kier alpha value is -0.310. The average molecular weight is 480 g/mol. The van der Waals surface area contributed by atoms with Gasteiger partial charge in [-0.2, -0.15) is 0 Å². The third kappa shape index (κ3) is 3.38. The number of thiophene rings is 1. The fraction of sp³-hybridized carbons (Fsp3) is 0.333. The van der Waals surface area contributed by atoms with Gasteiger partial charge in [-0.05, 0) is 63.8 Å². The van der Waals surface area contributed by atoms with Crippen molar-refractivity contribution in [2.75, 3.05) is 19.8 Å². The van der Waals surface area contributed by atoms with Crippen molar-refractivity contribution in [1.29, 1.82) is 0 Å². The standard InChI is InChI=1S/C15H15BrINO2S/c1-2-18-15(9-5-14(17)21-8-9)10-6-12-13(7-11(10)16)20-4-3-19-12/h5-8,15,18H,2-4H2,1H3. The molecule has 0 bridgehead atoms. The molecule has 112 valence electrons. The molecule has 0 amide bonds. The van der Waals surface area contributed by atoms with Crippen LogP contribution in [0.15, 0.2) is 28.1 Å². The second-order valence-corrected chi connectivity index (χ2v) is 8.35. The highest BCUT2D eigenvalue weighted by Gasteiger charge is 2.22. The number of nitrogens with one attached hydrogen (secondary N) is 1. The summed E-state index contributed by atoms with van der Waals surface area (Å²) in [5.74, 6) is 1.64. The summed E-state index contributed by atoms with van der Waals surface area (Å²) < 4.78 is 13.7. The van der Waals surface area contributed by atoms with Crippen LogP contribution in [0.3, 0.4) is 0 Å². The monoisotopic (exact) mass is 479 g/mol. The second kappa shape index (κ2) is 6.85. The topological polar surface area (TPSA) is 30.5 Å². The van der Waals surface area contributed by atoms with Crippen molar-refractivity contribution in [3.63, 3.8) is 0 Å². The number of ether oxygens (including phenoxy) is 2. The van der Waals surface area contributed by atoms with E-state index in [9.17, 15) is 0 Å². The molecular weight excluding hydrogens is 465 g/mol. The maximum Gasteiger partial charge on any atom is 0.162 e. The number of benzene rings is 1. The second-order valence-electron chi connectivity index (χ2n) is 4.69. The Labute approximate surface area is 150 Å². The zero-order valence-corrected chi connectivity index (χ0v) is 16.0. The van der Waals surface area contributed by atoms with E-state index in [1.165, 1.54) is 14.0 Å². The first-order valence-corrected chi connectivity index (χ1v) is 9.50. The van der Waals surface area contributed by atoms with Crippen molar-refractivity contribution in [2.24, 2.45) is 0 Å². The summed E-state index contributed by atoms with van der Waals surface area (Å²) in [4.78, 5) is 0. The molecule has 0 radical (unpaired) electrons. The molecule has 0 saturated heterocycles. The average Bonchev–Trinajstić information content (AvgIpc) is 2.91. The maximum absolute atomic E-state index is 5.72. The van der Waals surface area contributed by atoms with E-state index in [1.807, 2.05) is 6.07 Å². The zero-order valence-electron chi connectivity index (χ0n) is 11.5. The minimum Gasteiger partial charge on any atom is -0.486 e. The Bertz CT molecular complexity index is 647. The number of hydrogen-bond donors (Lipinski definition) is 1. The van der Waals surface area contributed by atoms with Crippen molar-refractivity contribution < 1.29 is 9.47 Å². The van der Waals surface area contributed by atoms with Gasteiger partial charge in [-0.1, -0.05) is 22.9 Å². The van der Waals surface area contributed by atoms with E-state index in [2.05, 4.69) is 68.3 Å². The lowest BCUT2D eigenvalue weighted by Crippen LogP contribution is -2.23. The molecule has 3 rings (SSSR count). The molecule has 21 heavy (non-hydrogen) atoms. The summed E-state index contributed by atoms with van der Waals surface area (Å²) in [7, 11) is 0. The molecule has 0 aliphatic carbocycles. The van der Waals surface area contributed by atoms with Gasteiger partial charge in [0.2, 0.25) is 0 Å². The summed E-state index contributed by atoms with van der Waals surface area (Å²) in [6.07, 6.45) is 0. The van der Waals surface area contributed by atoms with E-state index >= 15 is 0 Å². The third-order valence-corrected chi connectivity index (χ3v) is 5.80. The minimum absolute atomic E-state index is 0.153. The molecule has 2 heterocycles. The normalized spacial score (nSPS) is 15.0. The highest BCUT2D eigenvalue weighted by atomic mass is 127. The molecule has 1 aliphatic heterocycles. The molecule has 1 atom stereocenters. The highest BCUT2D eigenvalue weighted by Crippen LogP contribution is 2.40. The lowest BCUT2D eigenvalue weighted by molar-refractivity contribution is 0.171. The van der Waals surface area contributed by atoms with E-state index in [1.54, 1.807) is 11.3 Å². The van der Waals surface area contributed by atoms with Crippen LogP contribution in [-0.2, 0) is 0 Å². The molecule has 0 fully saturated rings. The molecule has 1 aliphatic rings. The Morgan fingerprint density at radius 3 is 2.62 bits per heavy atom. The maximum atomic E-state index is 5.72. The van der Waals surface area contributed by atoms with E-state index in [-0.39, 0.29) is 6.04 Å². The van der Waals surface area contributed by atoms with Crippen LogP contribution in [0.2, 0.25) is 0 Å². The molecule has 0 spiro atoms. The first-order chi connectivity index (χ1) is 10.2. The van der Waals surface area contributed by atoms with Gasteiger partial charge in [-0.3, -0.25) is 0 Å². The van der Waals surface area contributed by atoms with Crippen molar-refractivity contribution in [2.45, 2.75) is 13.0 Å². The largest absolute Gasteiger partial charge is 0.486 e. The fourth-order valence-electron chi connectivity index (χ4n) is 2.39. The highest BCUT2D eigenvalue weighted by molar-refractivity contribution is 14.1. The predicted molar refractivity (Wildman–Crippen MR) is 97.7 cm³/mol. The number of hydrogen-bond acceptors (Lipinski definition) is 4. The smallest absolute Gasteiger partial charge is 0.162 e. The molecule has 6 heteroatoms. The Morgan fingerprint density at radius 1 is 1.29 bits per heavy atom. The van der Waals surface area contributed by atoms with Crippen molar-refractivity contribution >= 4 is 49.9 Å². The van der Waals surface area contributed by atoms with Crippen molar-refractivity contribution in [3.05, 3.63) is 42.1 Å². The van der Waals surface area contributed by atoms with Gasteiger partial charge in [0.1, 0.15) is 13.2 Å². The summed E-state index contributed by atoms with van der Waals surface area (Å²) in [6, 6.07) is 6.46. The SMILES string of the molecule is CCNC(c1csc(I)c1)c1cc2c(cc1Br)OCCO2. The summed E-state index contributed by atoms with van der Waals surface area (Å²) in [5, 5.41) is 5.76. The zero-order chi connectivity index (χ0) is 14.8. The van der Waals surface area contributed by atoms with Gasteiger partial charge in [-0.25, -0.2) is 0 Å². The lowest BCUT2D eigenvalue weighted by atomic mass is 10.0. The van der Waals surface area contributed by atoms with E-state index in [0.717, 1.165) is 22.5 Å². The van der Waals surface area contributed by atoms with Crippen LogP contribution in [0, 0.1) is 2.88 Å². The van der Waals surface area contributed by atoms with Crippen LogP contribution >= 0.6 is 49.9 Å². The quantitative estimate of drug-likeness (QED) is 0.651. The molecule has 1 N–H and O–H groups in total. The van der Waals surface area contributed by atoms with Crippen LogP contribution in [0.1, 0.15) is 24.1 Å². The number of rotatable bonds is 4. The molecule has 2 aromatic rings. The van der Waals surface area contributed by atoms with Gasteiger partial charge in [0.05, 0.1) is 8.93 Å². The van der Waals surface area contributed by atoms with Gasteiger partial charge < -0.3 is 14.8 Å². The van der Waals surface area contributed by atoms with Gasteiger partial charge in [0.25, 0.3) is 0 Å². The Balaban J connectivity index is 2.02. The predicted octanol–water partition coefficient (Wildman–Crippen LogP) is 4.59. The number of fused-ring (bicyclic) bond motifs is 1. The van der Waals surface area contributed by atoms with Crippen LogP contribution in [0.5, 0.6) is 11.5 Å². The van der Waals surface area contributed by atoms with Gasteiger partial charge in [-0.15, -0.1) is 11.3 Å². The molecule has 1 aromatic heterocycles. The number of halogens is 2. The van der Waals surface area contributed by atoms with Crippen LogP contribution in [-0.4, -0.2) is 19.8 Å². The van der Waals surface area contributed by atoms with E-state index < -0.39 is 0 Å². The molecule has 1 aromatic carbocycles. The van der Waals surface area contributed by atoms with Crippen molar-refractivity contribution in [3.8, 4) is 11.5 Å². The van der Waals surface area contributed by atoms with E-state index in [0.29, 0.717) is 13.2 Å². The lowest BCUT2D eigenvalue weighted by Gasteiger charge is -2.24. The molecular formula is C15H15BrINO2S. The van der Waals surface area contributed by atoms with Crippen LogP contribution in [0.25, 0.3) is 0 Å². The minimum atomic E-state index is 0.153. The molecule has 1 unspecified atom stereocenters. The molecule has 3 nitrogen and oxygen atoms in total. The van der Waals surface area contributed by atoms with Gasteiger partial charge in [0, 0.05) is 4.47 Å². The summed E-state index contributed by atoms with van der Waals surface area (Å²) in [6.45, 7) is 4.24. The first-order valence-electron chi connectivity index (χ1n) is 6.75. The Morgan fingerprint density at radius 2 is 2.00 bits per heavy atom. The van der Waals surface area contributed by atoms with Crippen LogP contribution < -0.4 is 14.8 Å². The summed E-state index contributed by atoms with van der Waals surface area (Å²) in [5.41, 5.74) is 2.46. The van der Waals surface area contributed by atoms with Gasteiger partial charge >= 0.3 is 0 Å². The van der Waals surface area contributed by atoms with Crippen LogP contribution in [0.4, 0.5) is 0 Å². The fourth-order valence-corrected chi connectivity index (χ4v) is 4.34. The van der Waals surface area contributed by atoms with Crippen molar-refractivity contribution in [1.82, 2.24) is 5.32 Å². The van der Waals surface area contributed by atoms with E-state index in [4.69, 9.17) is 9.47 Å². The third-order valence-electron chi connectivity index (χ3n) is 3.30.